The molecular formula is C11H14ClF. The second-order valence-corrected chi connectivity index (χ2v) is 4.76. The van der Waals surface area contributed by atoms with Crippen molar-refractivity contribution in [3.8, 4) is 0 Å². The molecule has 0 saturated heterocycles. The van der Waals surface area contributed by atoms with E-state index < -0.39 is 0 Å². The molecule has 1 rings (SSSR count). The molecule has 0 aliphatic heterocycles. The number of aryl methyl sites for hydroxylation is 1. The minimum absolute atomic E-state index is 0.211. The lowest BCUT2D eigenvalue weighted by atomic mass is 9.86. The number of benzene rings is 1. The molecule has 0 aromatic heterocycles. The molecule has 13 heavy (non-hydrogen) atoms. The average molecular weight is 201 g/mol. The van der Waals surface area contributed by atoms with Crippen LogP contribution >= 0.6 is 11.6 Å². The highest BCUT2D eigenvalue weighted by Crippen LogP contribution is 2.32. The lowest BCUT2D eigenvalue weighted by molar-refractivity contribution is 0.522. The largest absolute Gasteiger partial charge is 0.207 e. The number of halogens is 2. The Kier molecular flexibility index (Phi) is 2.67. The zero-order valence-corrected chi connectivity index (χ0v) is 9.17. The van der Waals surface area contributed by atoms with E-state index in [0.29, 0.717) is 10.6 Å². The van der Waals surface area contributed by atoms with Crippen molar-refractivity contribution in [3.63, 3.8) is 0 Å². The van der Waals surface area contributed by atoms with Crippen molar-refractivity contribution in [1.82, 2.24) is 0 Å². The zero-order chi connectivity index (χ0) is 10.2. The predicted octanol–water partition coefficient (Wildman–Crippen LogP) is 4.09. The molecule has 0 nitrogen and oxygen atoms in total. The Morgan fingerprint density at radius 2 is 1.77 bits per heavy atom. The van der Waals surface area contributed by atoms with E-state index in [2.05, 4.69) is 0 Å². The lowest BCUT2D eigenvalue weighted by Gasteiger charge is -2.21. The Morgan fingerprint density at radius 3 is 2.15 bits per heavy atom. The molecule has 0 N–H and O–H groups in total. The molecule has 0 spiro atoms. The molecule has 0 fully saturated rings. The van der Waals surface area contributed by atoms with Gasteiger partial charge in [0.15, 0.2) is 0 Å². The molecule has 1 aromatic carbocycles. The van der Waals surface area contributed by atoms with Gasteiger partial charge in [0, 0.05) is 10.6 Å². The van der Waals surface area contributed by atoms with Gasteiger partial charge in [0.25, 0.3) is 0 Å². The summed E-state index contributed by atoms with van der Waals surface area (Å²) in [6.45, 7) is 7.69. The highest BCUT2D eigenvalue weighted by molar-refractivity contribution is 6.31. The minimum atomic E-state index is -0.241. The van der Waals surface area contributed by atoms with Gasteiger partial charge in [0.05, 0.1) is 0 Å². The van der Waals surface area contributed by atoms with Crippen LogP contribution in [0.1, 0.15) is 31.9 Å². The van der Waals surface area contributed by atoms with Gasteiger partial charge in [-0.2, -0.15) is 0 Å². The first kappa shape index (κ1) is 10.5. The van der Waals surface area contributed by atoms with E-state index >= 15 is 0 Å². The van der Waals surface area contributed by atoms with Gasteiger partial charge in [-0.3, -0.25) is 0 Å². The fraction of sp³-hybridized carbons (Fsp3) is 0.455. The molecular weight excluding hydrogens is 187 g/mol. The van der Waals surface area contributed by atoms with Gasteiger partial charge in [0.2, 0.25) is 0 Å². The molecule has 72 valence electrons. The van der Waals surface area contributed by atoms with Crippen LogP contribution in [0.25, 0.3) is 0 Å². The van der Waals surface area contributed by atoms with Crippen LogP contribution in [0, 0.1) is 12.7 Å². The summed E-state index contributed by atoms with van der Waals surface area (Å²) in [6.07, 6.45) is 0. The van der Waals surface area contributed by atoms with Crippen molar-refractivity contribution in [1.29, 1.82) is 0 Å². The Labute approximate surface area is 83.7 Å². The van der Waals surface area contributed by atoms with Crippen LogP contribution in [0.4, 0.5) is 4.39 Å². The third kappa shape index (κ3) is 2.22. The Morgan fingerprint density at radius 1 is 1.23 bits per heavy atom. The third-order valence-electron chi connectivity index (χ3n) is 1.94. The second kappa shape index (κ2) is 3.30. The van der Waals surface area contributed by atoms with Crippen LogP contribution in [0.3, 0.4) is 0 Å². The van der Waals surface area contributed by atoms with Gasteiger partial charge in [-0.15, -0.1) is 0 Å². The summed E-state index contributed by atoms with van der Waals surface area (Å²) < 4.78 is 13.5. The fourth-order valence-electron chi connectivity index (χ4n) is 1.42. The van der Waals surface area contributed by atoms with Crippen LogP contribution < -0.4 is 0 Å². The quantitative estimate of drug-likeness (QED) is 0.592. The molecule has 0 aliphatic carbocycles. The molecule has 0 saturated carbocycles. The minimum Gasteiger partial charge on any atom is -0.207 e. The zero-order valence-electron chi connectivity index (χ0n) is 8.41. The first-order chi connectivity index (χ1) is 5.82. The SMILES string of the molecule is Cc1cc(F)c(C(C)(C)C)c(Cl)c1. The maximum absolute atomic E-state index is 13.5. The highest BCUT2D eigenvalue weighted by atomic mass is 35.5. The van der Waals surface area contributed by atoms with E-state index in [1.807, 2.05) is 27.7 Å². The predicted molar refractivity (Wildman–Crippen MR) is 54.8 cm³/mol. The highest BCUT2D eigenvalue weighted by Gasteiger charge is 2.21. The summed E-state index contributed by atoms with van der Waals surface area (Å²) in [5.74, 6) is -0.211. The molecule has 0 amide bonds. The first-order valence-electron chi connectivity index (χ1n) is 4.28. The van der Waals surface area contributed by atoms with Gasteiger partial charge < -0.3 is 0 Å². The van der Waals surface area contributed by atoms with Crippen molar-refractivity contribution in [2.75, 3.05) is 0 Å². The molecule has 0 unspecified atom stereocenters. The monoisotopic (exact) mass is 200 g/mol. The van der Waals surface area contributed by atoms with E-state index in [1.54, 1.807) is 6.07 Å². The first-order valence-corrected chi connectivity index (χ1v) is 4.66. The van der Waals surface area contributed by atoms with Gasteiger partial charge in [-0.25, -0.2) is 4.39 Å². The summed E-state index contributed by atoms with van der Waals surface area (Å²) >= 11 is 5.98. The van der Waals surface area contributed by atoms with Crippen LogP contribution in [0.15, 0.2) is 12.1 Å². The van der Waals surface area contributed by atoms with Gasteiger partial charge in [-0.05, 0) is 30.0 Å². The standard InChI is InChI=1S/C11H14ClF/c1-7-5-8(12)10(9(13)6-7)11(2,3)4/h5-6H,1-4H3. The van der Waals surface area contributed by atoms with E-state index in [9.17, 15) is 4.39 Å². The van der Waals surface area contributed by atoms with E-state index in [0.717, 1.165) is 5.56 Å². The Balaban J connectivity index is 3.38. The Hall–Kier alpha value is -0.560. The fourth-order valence-corrected chi connectivity index (χ4v) is 1.96. The summed E-state index contributed by atoms with van der Waals surface area (Å²) in [5.41, 5.74) is 1.21. The van der Waals surface area contributed by atoms with Gasteiger partial charge in [0.1, 0.15) is 5.82 Å². The Bertz CT molecular complexity index is 300. The average Bonchev–Trinajstić information content (AvgIpc) is 1.78. The van der Waals surface area contributed by atoms with Crippen molar-refractivity contribution in [2.45, 2.75) is 33.1 Å². The van der Waals surface area contributed by atoms with Crippen LogP contribution in [0.2, 0.25) is 5.02 Å². The maximum atomic E-state index is 13.5. The molecule has 2 heteroatoms. The summed E-state index contributed by atoms with van der Waals surface area (Å²) in [4.78, 5) is 0. The van der Waals surface area contributed by atoms with Crippen molar-refractivity contribution in [3.05, 3.63) is 34.1 Å². The summed E-state index contributed by atoms with van der Waals surface area (Å²) in [6, 6.07) is 3.32. The van der Waals surface area contributed by atoms with Crippen LogP contribution in [0.5, 0.6) is 0 Å². The summed E-state index contributed by atoms with van der Waals surface area (Å²) in [5, 5.41) is 0.519. The second-order valence-electron chi connectivity index (χ2n) is 4.35. The number of rotatable bonds is 0. The van der Waals surface area contributed by atoms with E-state index in [4.69, 9.17) is 11.6 Å². The van der Waals surface area contributed by atoms with Gasteiger partial charge in [-0.1, -0.05) is 32.4 Å². The summed E-state index contributed by atoms with van der Waals surface area (Å²) in [7, 11) is 0. The van der Waals surface area contributed by atoms with Crippen molar-refractivity contribution in [2.24, 2.45) is 0 Å². The van der Waals surface area contributed by atoms with Crippen LogP contribution in [-0.2, 0) is 5.41 Å². The van der Waals surface area contributed by atoms with Gasteiger partial charge >= 0.3 is 0 Å². The van der Waals surface area contributed by atoms with Crippen molar-refractivity contribution < 1.29 is 4.39 Å². The molecule has 0 atom stereocenters. The smallest absolute Gasteiger partial charge is 0.128 e. The number of hydrogen-bond acceptors (Lipinski definition) is 0. The normalized spacial score (nSPS) is 11.8. The van der Waals surface area contributed by atoms with Crippen LogP contribution in [-0.4, -0.2) is 0 Å². The van der Waals surface area contributed by atoms with Crippen molar-refractivity contribution >= 4 is 11.6 Å². The lowest BCUT2D eigenvalue weighted by Crippen LogP contribution is -2.14. The topological polar surface area (TPSA) is 0 Å². The molecule has 0 radical (unpaired) electrons. The molecule has 0 aliphatic rings. The molecule has 0 bridgehead atoms. The molecule has 1 aromatic rings. The van der Waals surface area contributed by atoms with E-state index in [1.165, 1.54) is 6.07 Å². The maximum Gasteiger partial charge on any atom is 0.128 e. The number of hydrogen-bond donors (Lipinski definition) is 0. The van der Waals surface area contributed by atoms with E-state index in [-0.39, 0.29) is 11.2 Å². The third-order valence-corrected chi connectivity index (χ3v) is 2.23. The molecule has 0 heterocycles.